The summed E-state index contributed by atoms with van der Waals surface area (Å²) in [5.74, 6) is -0.983. The van der Waals surface area contributed by atoms with Crippen LogP contribution in [0.15, 0.2) is 18.2 Å². The molecule has 79 valence electrons. The maximum atomic E-state index is 13.1. The van der Waals surface area contributed by atoms with E-state index in [9.17, 15) is 9.18 Å². The Morgan fingerprint density at radius 3 is 3.00 bits per heavy atom. The molecule has 0 aliphatic rings. The number of hydrogen-bond acceptors (Lipinski definition) is 2. The number of amidine groups is 1. The van der Waals surface area contributed by atoms with Crippen LogP contribution in [0.4, 0.5) is 4.39 Å². The minimum absolute atomic E-state index is 0.0205. The highest BCUT2D eigenvalue weighted by Crippen LogP contribution is 2.05. The Kier molecular flexibility index (Phi) is 3.79. The summed E-state index contributed by atoms with van der Waals surface area (Å²) in [6, 6.07) is 6.95. The molecule has 0 bridgehead atoms. The topological polar surface area (TPSA) is 79.0 Å². The molecule has 0 spiro atoms. The van der Waals surface area contributed by atoms with Gasteiger partial charge in [0.15, 0.2) is 0 Å². The van der Waals surface area contributed by atoms with Crippen LogP contribution in [0.2, 0.25) is 0 Å². The number of rotatable bonds is 4. The summed E-state index contributed by atoms with van der Waals surface area (Å²) < 4.78 is 13.1. The van der Waals surface area contributed by atoms with Gasteiger partial charge in [-0.3, -0.25) is 10.2 Å². The van der Waals surface area contributed by atoms with E-state index in [0.29, 0.717) is 0 Å². The van der Waals surface area contributed by atoms with Crippen molar-refractivity contribution in [3.8, 4) is 0 Å². The van der Waals surface area contributed by atoms with Gasteiger partial charge in [0.05, 0.1) is 13.0 Å². The second kappa shape index (κ2) is 5.09. The van der Waals surface area contributed by atoms with Crippen LogP contribution >= 0.6 is 0 Å². The SMILES string of the molecule is N=C(N)CNC(=O)Cc1[c]cccc1F. The molecule has 0 aliphatic heterocycles. The quantitative estimate of drug-likeness (QED) is 0.489. The van der Waals surface area contributed by atoms with Crippen molar-refractivity contribution in [1.82, 2.24) is 5.32 Å². The van der Waals surface area contributed by atoms with Gasteiger partial charge in [-0.25, -0.2) is 4.39 Å². The lowest BCUT2D eigenvalue weighted by Gasteiger charge is -2.04. The number of nitrogens with one attached hydrogen (secondary N) is 2. The molecule has 0 saturated heterocycles. The Morgan fingerprint density at radius 2 is 2.40 bits per heavy atom. The van der Waals surface area contributed by atoms with E-state index >= 15 is 0 Å². The van der Waals surface area contributed by atoms with Crippen molar-refractivity contribution < 1.29 is 9.18 Å². The van der Waals surface area contributed by atoms with Gasteiger partial charge in [-0.2, -0.15) is 0 Å². The fourth-order valence-electron chi connectivity index (χ4n) is 1.00. The monoisotopic (exact) mass is 208 g/mol. The largest absolute Gasteiger partial charge is 0.386 e. The van der Waals surface area contributed by atoms with Crippen molar-refractivity contribution in [1.29, 1.82) is 5.41 Å². The fraction of sp³-hybridized carbons (Fsp3) is 0.200. The number of amides is 1. The summed E-state index contributed by atoms with van der Waals surface area (Å²) in [5.41, 5.74) is 5.26. The van der Waals surface area contributed by atoms with Crippen LogP contribution in [0.5, 0.6) is 0 Å². The lowest BCUT2D eigenvalue weighted by atomic mass is 10.1. The Hall–Kier alpha value is -1.91. The summed E-state index contributed by atoms with van der Waals surface area (Å²) in [7, 11) is 0. The number of halogens is 1. The van der Waals surface area contributed by atoms with Crippen molar-refractivity contribution in [2.45, 2.75) is 6.42 Å². The Labute approximate surface area is 86.8 Å². The van der Waals surface area contributed by atoms with Crippen molar-refractivity contribution in [3.05, 3.63) is 35.6 Å². The highest BCUT2D eigenvalue weighted by molar-refractivity contribution is 5.86. The number of carbonyl (C=O) groups is 1. The molecule has 0 heterocycles. The number of nitrogens with two attached hydrogens (primary N) is 1. The van der Waals surface area contributed by atoms with Gasteiger partial charge in [-0.05, 0) is 12.1 Å². The zero-order valence-corrected chi connectivity index (χ0v) is 8.01. The smallest absolute Gasteiger partial charge is 0.224 e. The van der Waals surface area contributed by atoms with Crippen LogP contribution in [0.3, 0.4) is 0 Å². The van der Waals surface area contributed by atoms with Crippen LogP contribution < -0.4 is 11.1 Å². The molecule has 0 unspecified atom stereocenters. The van der Waals surface area contributed by atoms with Gasteiger partial charge in [0.2, 0.25) is 5.91 Å². The summed E-state index contributed by atoms with van der Waals surface area (Å²) in [4.78, 5) is 11.2. The summed E-state index contributed by atoms with van der Waals surface area (Å²) in [5, 5.41) is 9.27. The molecule has 15 heavy (non-hydrogen) atoms. The third-order valence-corrected chi connectivity index (χ3v) is 1.70. The molecular formula is C10H11FN3O. The molecule has 1 radical (unpaired) electrons. The van der Waals surface area contributed by atoms with E-state index in [-0.39, 0.29) is 30.3 Å². The average molecular weight is 208 g/mol. The van der Waals surface area contributed by atoms with E-state index in [1.165, 1.54) is 18.2 Å². The predicted molar refractivity (Wildman–Crippen MR) is 53.9 cm³/mol. The molecule has 0 fully saturated rings. The van der Waals surface area contributed by atoms with Gasteiger partial charge in [0.25, 0.3) is 0 Å². The van der Waals surface area contributed by atoms with E-state index in [1.54, 1.807) is 0 Å². The molecule has 1 aromatic carbocycles. The normalized spacial score (nSPS) is 9.67. The number of carbonyl (C=O) groups excluding carboxylic acids is 1. The van der Waals surface area contributed by atoms with Gasteiger partial charge >= 0.3 is 0 Å². The molecule has 1 rings (SSSR count). The molecule has 0 aliphatic carbocycles. The van der Waals surface area contributed by atoms with Crippen molar-refractivity contribution in [2.75, 3.05) is 6.54 Å². The zero-order chi connectivity index (χ0) is 11.3. The summed E-state index contributed by atoms with van der Waals surface area (Å²) >= 11 is 0. The van der Waals surface area contributed by atoms with Crippen LogP contribution in [-0.4, -0.2) is 18.3 Å². The maximum Gasteiger partial charge on any atom is 0.224 e. The molecule has 1 aromatic rings. The first-order chi connectivity index (χ1) is 7.09. The highest BCUT2D eigenvalue weighted by atomic mass is 19.1. The summed E-state index contributed by atoms with van der Waals surface area (Å²) in [6.45, 7) is -0.0205. The Balaban J connectivity index is 2.52. The van der Waals surface area contributed by atoms with E-state index in [4.69, 9.17) is 11.1 Å². The van der Waals surface area contributed by atoms with Crippen LogP contribution in [0.1, 0.15) is 5.56 Å². The highest BCUT2D eigenvalue weighted by Gasteiger charge is 2.07. The first kappa shape index (κ1) is 11.2. The van der Waals surface area contributed by atoms with E-state index in [0.717, 1.165) is 0 Å². The minimum Gasteiger partial charge on any atom is -0.386 e. The molecule has 0 aromatic heterocycles. The van der Waals surface area contributed by atoms with Gasteiger partial charge in [-0.1, -0.05) is 12.1 Å². The molecule has 5 heteroatoms. The Morgan fingerprint density at radius 1 is 1.67 bits per heavy atom. The van der Waals surface area contributed by atoms with Crippen LogP contribution in [0, 0.1) is 17.3 Å². The second-order valence-electron chi connectivity index (χ2n) is 2.98. The van der Waals surface area contributed by atoms with Crippen molar-refractivity contribution in [3.63, 3.8) is 0 Å². The standard InChI is InChI=1S/C10H11FN3O/c11-8-4-2-1-3-7(8)5-10(15)14-6-9(12)13/h1-2,4H,5-6H2,(H3,12,13)(H,14,15). The van der Waals surface area contributed by atoms with E-state index in [1.807, 2.05) is 0 Å². The molecule has 0 saturated carbocycles. The van der Waals surface area contributed by atoms with E-state index in [2.05, 4.69) is 11.4 Å². The van der Waals surface area contributed by atoms with Gasteiger partial charge in [0, 0.05) is 5.56 Å². The Bertz CT molecular complexity index is 379. The lowest BCUT2D eigenvalue weighted by molar-refractivity contribution is -0.120. The molecule has 4 nitrogen and oxygen atoms in total. The van der Waals surface area contributed by atoms with Crippen LogP contribution in [0.25, 0.3) is 0 Å². The zero-order valence-electron chi connectivity index (χ0n) is 8.01. The lowest BCUT2D eigenvalue weighted by Crippen LogP contribution is -2.33. The first-order valence-corrected chi connectivity index (χ1v) is 4.34. The third-order valence-electron chi connectivity index (χ3n) is 1.70. The van der Waals surface area contributed by atoms with E-state index < -0.39 is 5.82 Å². The predicted octanol–water partition coefficient (Wildman–Crippen LogP) is 0.221. The average Bonchev–Trinajstić information content (AvgIpc) is 2.18. The number of benzene rings is 1. The molecule has 4 N–H and O–H groups in total. The van der Waals surface area contributed by atoms with Crippen LogP contribution in [-0.2, 0) is 11.2 Å². The molecule has 1 amide bonds. The first-order valence-electron chi connectivity index (χ1n) is 4.34. The van der Waals surface area contributed by atoms with Gasteiger partial charge < -0.3 is 11.1 Å². The van der Waals surface area contributed by atoms with Gasteiger partial charge in [0.1, 0.15) is 11.7 Å². The minimum atomic E-state index is -0.463. The third kappa shape index (κ3) is 3.76. The molecular weight excluding hydrogens is 197 g/mol. The molecule has 0 atom stereocenters. The maximum absolute atomic E-state index is 13.1. The van der Waals surface area contributed by atoms with Gasteiger partial charge in [-0.15, -0.1) is 0 Å². The number of hydrogen-bond donors (Lipinski definition) is 3. The summed E-state index contributed by atoms with van der Waals surface area (Å²) in [6.07, 6.45) is -0.0973. The fourth-order valence-corrected chi connectivity index (χ4v) is 1.00. The van der Waals surface area contributed by atoms with Crippen molar-refractivity contribution >= 4 is 11.7 Å². The second-order valence-corrected chi connectivity index (χ2v) is 2.98. The van der Waals surface area contributed by atoms with Crippen molar-refractivity contribution in [2.24, 2.45) is 5.73 Å².